The zero-order valence-electron chi connectivity index (χ0n) is 8.79. The molecule has 0 saturated carbocycles. The zero-order valence-corrected chi connectivity index (χ0v) is 12.1. The molecule has 15 heavy (non-hydrogen) atoms. The van der Waals surface area contributed by atoms with E-state index in [0.29, 0.717) is 20.6 Å². The number of rotatable bonds is 1. The van der Waals surface area contributed by atoms with Gasteiger partial charge >= 0.3 is 0 Å². The van der Waals surface area contributed by atoms with E-state index < -0.39 is 8.07 Å². The lowest BCUT2D eigenvalue weighted by molar-refractivity contribution is 1.63. The molecule has 4 heteroatoms. The summed E-state index contributed by atoms with van der Waals surface area (Å²) in [7, 11) is -1.61. The molecule has 0 spiro atoms. The Balaban J connectivity index is 3.63. The lowest BCUT2D eigenvalue weighted by atomic mass is 10.2. The van der Waals surface area contributed by atoms with E-state index in [2.05, 4.69) is 25.6 Å². The SMILES string of the molecule is C#Cc1c(Cl)cc(Cl)c([Si](C)(C)C)c1Cl. The molecule has 0 heterocycles. The van der Waals surface area contributed by atoms with Crippen LogP contribution in [0.3, 0.4) is 0 Å². The van der Waals surface area contributed by atoms with Crippen LogP contribution in [0.1, 0.15) is 5.56 Å². The number of hydrogen-bond acceptors (Lipinski definition) is 0. The average molecular weight is 278 g/mol. The van der Waals surface area contributed by atoms with Crippen LogP contribution in [0.2, 0.25) is 34.7 Å². The average Bonchev–Trinajstić information content (AvgIpc) is 2.00. The summed E-state index contributed by atoms with van der Waals surface area (Å²) in [5.74, 6) is 2.50. The minimum absolute atomic E-state index is 0.439. The monoisotopic (exact) mass is 276 g/mol. The van der Waals surface area contributed by atoms with Crippen LogP contribution in [0.5, 0.6) is 0 Å². The molecule has 0 aliphatic rings. The van der Waals surface area contributed by atoms with Crippen LogP contribution in [0.4, 0.5) is 0 Å². The first kappa shape index (κ1) is 12.9. The molecule has 0 nitrogen and oxygen atoms in total. The highest BCUT2D eigenvalue weighted by Crippen LogP contribution is 2.29. The van der Waals surface area contributed by atoms with Gasteiger partial charge in [-0.15, -0.1) is 6.42 Å². The smallest absolute Gasteiger partial charge is 0.0815 e. The minimum atomic E-state index is -1.61. The third-order valence-electron chi connectivity index (χ3n) is 2.06. The van der Waals surface area contributed by atoms with Crippen LogP contribution in [-0.4, -0.2) is 8.07 Å². The highest BCUT2D eigenvalue weighted by atomic mass is 35.5. The second-order valence-corrected chi connectivity index (χ2v) is 10.5. The van der Waals surface area contributed by atoms with Gasteiger partial charge in [0.2, 0.25) is 0 Å². The summed E-state index contributed by atoms with van der Waals surface area (Å²) < 4.78 is 0. The zero-order chi connectivity index (χ0) is 11.8. The highest BCUT2D eigenvalue weighted by molar-refractivity contribution is 6.91. The molecule has 0 N–H and O–H groups in total. The fourth-order valence-electron chi connectivity index (χ4n) is 1.41. The van der Waals surface area contributed by atoms with Crippen molar-refractivity contribution in [1.82, 2.24) is 0 Å². The van der Waals surface area contributed by atoms with Gasteiger partial charge in [0, 0.05) is 5.02 Å². The fourth-order valence-corrected chi connectivity index (χ4v) is 5.56. The molecule has 0 amide bonds. The van der Waals surface area contributed by atoms with Crippen molar-refractivity contribution < 1.29 is 0 Å². The molecule has 0 aliphatic carbocycles. The maximum absolute atomic E-state index is 6.23. The van der Waals surface area contributed by atoms with Crippen LogP contribution >= 0.6 is 34.8 Å². The maximum Gasteiger partial charge on any atom is 0.0815 e. The van der Waals surface area contributed by atoms with Crippen LogP contribution in [0, 0.1) is 12.3 Å². The topological polar surface area (TPSA) is 0 Å². The van der Waals surface area contributed by atoms with Crippen molar-refractivity contribution in [3.05, 3.63) is 26.7 Å². The molecule has 0 radical (unpaired) electrons. The third kappa shape index (κ3) is 2.51. The number of terminal acetylenes is 1. The van der Waals surface area contributed by atoms with Gasteiger partial charge in [0.25, 0.3) is 0 Å². The Bertz CT molecular complexity index is 439. The summed E-state index contributed by atoms with van der Waals surface area (Å²) in [6.07, 6.45) is 5.37. The van der Waals surface area contributed by atoms with E-state index >= 15 is 0 Å². The van der Waals surface area contributed by atoms with Crippen molar-refractivity contribution in [2.45, 2.75) is 19.6 Å². The summed E-state index contributed by atoms with van der Waals surface area (Å²) in [4.78, 5) is 0. The highest BCUT2D eigenvalue weighted by Gasteiger charge is 2.25. The molecule has 0 aliphatic heterocycles. The van der Waals surface area contributed by atoms with E-state index in [9.17, 15) is 0 Å². The van der Waals surface area contributed by atoms with E-state index in [4.69, 9.17) is 41.2 Å². The Morgan fingerprint density at radius 2 is 1.67 bits per heavy atom. The van der Waals surface area contributed by atoms with Gasteiger partial charge in [0.1, 0.15) is 0 Å². The largest absolute Gasteiger partial charge is 0.115 e. The molecular weight excluding hydrogens is 267 g/mol. The lowest BCUT2D eigenvalue weighted by Gasteiger charge is -2.21. The lowest BCUT2D eigenvalue weighted by Crippen LogP contribution is -2.39. The molecule has 0 saturated heterocycles. The van der Waals surface area contributed by atoms with Crippen molar-refractivity contribution in [3.8, 4) is 12.3 Å². The Kier molecular flexibility index (Phi) is 3.79. The van der Waals surface area contributed by atoms with Gasteiger partial charge < -0.3 is 0 Å². The second kappa shape index (κ2) is 4.39. The van der Waals surface area contributed by atoms with E-state index in [0.717, 1.165) is 5.19 Å². The van der Waals surface area contributed by atoms with E-state index in [1.54, 1.807) is 6.07 Å². The van der Waals surface area contributed by atoms with Crippen molar-refractivity contribution in [2.75, 3.05) is 0 Å². The van der Waals surface area contributed by atoms with Crippen molar-refractivity contribution in [2.24, 2.45) is 0 Å². The predicted molar refractivity (Wildman–Crippen MR) is 72.4 cm³/mol. The first-order valence-corrected chi connectivity index (χ1v) is 9.07. The normalized spacial score (nSPS) is 11.3. The molecule has 1 aromatic rings. The van der Waals surface area contributed by atoms with E-state index in [-0.39, 0.29) is 0 Å². The Hall–Kier alpha value is -0.133. The molecule has 0 atom stereocenters. The predicted octanol–water partition coefficient (Wildman–Crippen LogP) is 4.17. The van der Waals surface area contributed by atoms with Crippen molar-refractivity contribution in [3.63, 3.8) is 0 Å². The molecule has 1 rings (SSSR count). The van der Waals surface area contributed by atoms with E-state index in [1.165, 1.54) is 0 Å². The molecule has 0 fully saturated rings. The van der Waals surface area contributed by atoms with Gasteiger partial charge in [-0.1, -0.05) is 60.4 Å². The molecule has 0 aromatic heterocycles. The first-order chi connectivity index (χ1) is 6.79. The second-order valence-electron chi connectivity index (χ2n) is 4.30. The van der Waals surface area contributed by atoms with Crippen LogP contribution in [0.15, 0.2) is 6.07 Å². The van der Waals surface area contributed by atoms with Crippen molar-refractivity contribution >= 4 is 48.1 Å². The van der Waals surface area contributed by atoms with Crippen LogP contribution in [-0.2, 0) is 0 Å². The van der Waals surface area contributed by atoms with Gasteiger partial charge in [0.05, 0.1) is 23.7 Å². The Labute approximate surface area is 107 Å². The molecule has 80 valence electrons. The third-order valence-corrected chi connectivity index (χ3v) is 5.37. The van der Waals surface area contributed by atoms with Crippen molar-refractivity contribution in [1.29, 1.82) is 0 Å². The summed E-state index contributed by atoms with van der Waals surface area (Å²) in [5.41, 5.74) is 0.542. The summed E-state index contributed by atoms with van der Waals surface area (Å²) in [6, 6.07) is 1.68. The standard InChI is InChI=1S/C11H11Cl3Si/c1-5-7-8(12)6-9(13)11(10(7)14)15(2,3)4/h1,6H,2-4H3. The Morgan fingerprint density at radius 1 is 1.13 bits per heavy atom. The van der Waals surface area contributed by atoms with Gasteiger partial charge in [-0.25, -0.2) is 0 Å². The van der Waals surface area contributed by atoms with E-state index in [1.807, 2.05) is 0 Å². The van der Waals surface area contributed by atoms with Gasteiger partial charge in [0.15, 0.2) is 0 Å². The van der Waals surface area contributed by atoms with Crippen LogP contribution in [0.25, 0.3) is 0 Å². The first-order valence-electron chi connectivity index (χ1n) is 4.43. The molecule has 0 unspecified atom stereocenters. The summed E-state index contributed by atoms with van der Waals surface area (Å²) in [6.45, 7) is 6.48. The number of halogens is 3. The fraction of sp³-hybridized carbons (Fsp3) is 0.273. The maximum atomic E-state index is 6.23. The van der Waals surface area contributed by atoms with Crippen LogP contribution < -0.4 is 5.19 Å². The molecule has 1 aromatic carbocycles. The minimum Gasteiger partial charge on any atom is -0.115 e. The number of hydrogen-bond donors (Lipinski definition) is 0. The summed E-state index contributed by atoms with van der Waals surface area (Å²) >= 11 is 18.3. The Morgan fingerprint density at radius 3 is 2.07 bits per heavy atom. The van der Waals surface area contributed by atoms with Gasteiger partial charge in [-0.2, -0.15) is 0 Å². The summed E-state index contributed by atoms with van der Waals surface area (Å²) in [5, 5.41) is 2.56. The molecular formula is C11H11Cl3Si. The quantitative estimate of drug-likeness (QED) is 0.534. The molecule has 0 bridgehead atoms. The number of benzene rings is 1. The van der Waals surface area contributed by atoms with Gasteiger partial charge in [-0.3, -0.25) is 0 Å². The van der Waals surface area contributed by atoms with Gasteiger partial charge in [-0.05, 0) is 11.3 Å².